The van der Waals surface area contributed by atoms with Gasteiger partial charge in [-0.15, -0.1) is 0 Å². The van der Waals surface area contributed by atoms with Crippen LogP contribution in [0.2, 0.25) is 0 Å². The van der Waals surface area contributed by atoms with Gasteiger partial charge in [0.1, 0.15) is 0 Å². The van der Waals surface area contributed by atoms with Gasteiger partial charge < -0.3 is 15.1 Å². The van der Waals surface area contributed by atoms with E-state index in [0.717, 1.165) is 6.54 Å². The first kappa shape index (κ1) is 13.7. The maximum absolute atomic E-state index is 3.42. The van der Waals surface area contributed by atoms with Gasteiger partial charge in [-0.1, -0.05) is 0 Å². The Bertz CT molecular complexity index is 422. The molecule has 3 heteroatoms. The molecule has 0 aromatic heterocycles. The van der Waals surface area contributed by atoms with Gasteiger partial charge in [0.05, 0.1) is 0 Å². The summed E-state index contributed by atoms with van der Waals surface area (Å²) in [5.41, 5.74) is 2.78. The Balaban J connectivity index is 1.68. The fourth-order valence-corrected chi connectivity index (χ4v) is 3.65. The Labute approximate surface area is 123 Å². The molecule has 3 rings (SSSR count). The first-order valence-corrected chi connectivity index (χ1v) is 8.07. The molecule has 0 bridgehead atoms. The first-order chi connectivity index (χ1) is 9.78. The molecule has 2 fully saturated rings. The van der Waals surface area contributed by atoms with Crippen molar-refractivity contribution in [3.63, 3.8) is 0 Å². The summed E-state index contributed by atoms with van der Waals surface area (Å²) in [7, 11) is 2.08. The Morgan fingerprint density at radius 3 is 2.25 bits per heavy atom. The third kappa shape index (κ3) is 2.78. The first-order valence-electron chi connectivity index (χ1n) is 8.07. The van der Waals surface area contributed by atoms with Gasteiger partial charge in [-0.2, -0.15) is 0 Å². The van der Waals surface area contributed by atoms with E-state index in [4.69, 9.17) is 0 Å². The van der Waals surface area contributed by atoms with Gasteiger partial charge in [0.25, 0.3) is 0 Å². The van der Waals surface area contributed by atoms with Gasteiger partial charge in [0.2, 0.25) is 0 Å². The van der Waals surface area contributed by atoms with E-state index in [1.807, 2.05) is 0 Å². The summed E-state index contributed by atoms with van der Waals surface area (Å²) in [6.45, 7) is 5.96. The van der Waals surface area contributed by atoms with Crippen LogP contribution >= 0.6 is 0 Å². The van der Waals surface area contributed by atoms with Crippen LogP contribution in [0.3, 0.4) is 0 Å². The predicted octanol–water partition coefficient (Wildman–Crippen LogP) is 2.86. The minimum Gasteiger partial charge on any atom is -0.372 e. The van der Waals surface area contributed by atoms with Crippen LogP contribution in [0, 0.1) is 0 Å². The van der Waals surface area contributed by atoms with Gasteiger partial charge >= 0.3 is 0 Å². The van der Waals surface area contributed by atoms with Crippen molar-refractivity contribution in [3.05, 3.63) is 24.3 Å². The lowest BCUT2D eigenvalue weighted by Gasteiger charge is -2.39. The van der Waals surface area contributed by atoms with Gasteiger partial charge in [-0.3, -0.25) is 0 Å². The molecule has 3 nitrogen and oxygen atoms in total. The number of piperidine rings is 1. The van der Waals surface area contributed by atoms with E-state index in [-0.39, 0.29) is 0 Å². The Kier molecular flexibility index (Phi) is 4.16. The average molecular weight is 273 g/mol. The lowest BCUT2D eigenvalue weighted by molar-refractivity contribution is 0.387. The molecule has 2 saturated heterocycles. The fraction of sp³-hybridized carbons (Fsp3) is 0.647. The fourth-order valence-electron chi connectivity index (χ4n) is 3.65. The van der Waals surface area contributed by atoms with Crippen LogP contribution in [0.15, 0.2) is 24.3 Å². The zero-order valence-corrected chi connectivity index (χ0v) is 12.8. The molecular weight excluding hydrogens is 246 g/mol. The summed E-state index contributed by atoms with van der Waals surface area (Å²) in [5.74, 6) is 0. The quantitative estimate of drug-likeness (QED) is 0.913. The molecule has 2 aliphatic heterocycles. The van der Waals surface area contributed by atoms with Crippen molar-refractivity contribution in [2.75, 3.05) is 36.5 Å². The standard InChI is InChI=1S/C17H27N3/c1-14-13-15(18-2)9-12-20(14)17-7-5-16(6-8-17)19-10-3-4-11-19/h5-8,14-15,18H,3-4,9-13H2,1-2H3. The normalized spacial score (nSPS) is 27.1. The summed E-state index contributed by atoms with van der Waals surface area (Å²) in [4.78, 5) is 5.06. The molecule has 0 saturated carbocycles. The highest BCUT2D eigenvalue weighted by Crippen LogP contribution is 2.28. The summed E-state index contributed by atoms with van der Waals surface area (Å²) in [5, 5.41) is 3.42. The highest BCUT2D eigenvalue weighted by Gasteiger charge is 2.24. The Morgan fingerprint density at radius 2 is 1.65 bits per heavy atom. The highest BCUT2D eigenvalue weighted by atomic mass is 15.2. The third-order valence-corrected chi connectivity index (χ3v) is 4.94. The van der Waals surface area contributed by atoms with E-state index in [9.17, 15) is 0 Å². The van der Waals surface area contributed by atoms with Crippen LogP contribution in [-0.2, 0) is 0 Å². The van der Waals surface area contributed by atoms with E-state index < -0.39 is 0 Å². The van der Waals surface area contributed by atoms with Crippen LogP contribution in [0.4, 0.5) is 11.4 Å². The number of benzene rings is 1. The van der Waals surface area contributed by atoms with Crippen LogP contribution in [-0.4, -0.2) is 38.8 Å². The molecule has 20 heavy (non-hydrogen) atoms. The SMILES string of the molecule is CNC1CCN(c2ccc(N3CCCC3)cc2)C(C)C1. The van der Waals surface area contributed by atoms with E-state index in [1.165, 1.54) is 50.1 Å². The van der Waals surface area contributed by atoms with Crippen molar-refractivity contribution in [1.82, 2.24) is 5.32 Å². The summed E-state index contributed by atoms with van der Waals surface area (Å²) < 4.78 is 0. The van der Waals surface area contributed by atoms with Crippen molar-refractivity contribution >= 4 is 11.4 Å². The molecule has 2 unspecified atom stereocenters. The zero-order valence-electron chi connectivity index (χ0n) is 12.8. The summed E-state index contributed by atoms with van der Waals surface area (Å²) >= 11 is 0. The zero-order chi connectivity index (χ0) is 13.9. The third-order valence-electron chi connectivity index (χ3n) is 4.94. The monoisotopic (exact) mass is 273 g/mol. The second-order valence-corrected chi connectivity index (χ2v) is 6.26. The summed E-state index contributed by atoms with van der Waals surface area (Å²) in [6, 6.07) is 10.5. The minimum atomic E-state index is 0.624. The molecule has 1 N–H and O–H groups in total. The van der Waals surface area contributed by atoms with Crippen molar-refractivity contribution in [1.29, 1.82) is 0 Å². The molecule has 1 aromatic carbocycles. The molecule has 0 amide bonds. The molecule has 2 heterocycles. The van der Waals surface area contributed by atoms with Crippen LogP contribution in [0.5, 0.6) is 0 Å². The highest BCUT2D eigenvalue weighted by molar-refractivity contribution is 5.57. The molecule has 0 spiro atoms. The number of rotatable bonds is 3. The van der Waals surface area contributed by atoms with Crippen LogP contribution in [0.1, 0.15) is 32.6 Å². The maximum atomic E-state index is 3.42. The lowest BCUT2D eigenvalue weighted by Crippen LogP contribution is -2.46. The Morgan fingerprint density at radius 1 is 1.00 bits per heavy atom. The van der Waals surface area contributed by atoms with E-state index in [0.29, 0.717) is 12.1 Å². The van der Waals surface area contributed by atoms with E-state index in [1.54, 1.807) is 0 Å². The number of hydrogen-bond donors (Lipinski definition) is 1. The molecule has 110 valence electrons. The van der Waals surface area contributed by atoms with E-state index >= 15 is 0 Å². The minimum absolute atomic E-state index is 0.624. The van der Waals surface area contributed by atoms with E-state index in [2.05, 4.69) is 53.4 Å². The molecule has 0 aliphatic carbocycles. The largest absolute Gasteiger partial charge is 0.372 e. The van der Waals surface area contributed by atoms with Gasteiger partial charge in [0, 0.05) is 43.1 Å². The predicted molar refractivity (Wildman–Crippen MR) is 86.8 cm³/mol. The average Bonchev–Trinajstić information content (AvgIpc) is 3.01. The van der Waals surface area contributed by atoms with Gasteiger partial charge in [-0.25, -0.2) is 0 Å². The Hall–Kier alpha value is -1.22. The van der Waals surface area contributed by atoms with Gasteiger partial charge in [-0.05, 0) is 63.9 Å². The topological polar surface area (TPSA) is 18.5 Å². The van der Waals surface area contributed by atoms with Crippen LogP contribution < -0.4 is 15.1 Å². The lowest BCUT2D eigenvalue weighted by atomic mass is 9.97. The van der Waals surface area contributed by atoms with Crippen molar-refractivity contribution in [2.24, 2.45) is 0 Å². The number of nitrogens with one attached hydrogen (secondary N) is 1. The van der Waals surface area contributed by atoms with Gasteiger partial charge in [0.15, 0.2) is 0 Å². The molecule has 1 aromatic rings. The number of anilines is 2. The smallest absolute Gasteiger partial charge is 0.0370 e. The van der Waals surface area contributed by atoms with Crippen molar-refractivity contribution < 1.29 is 0 Å². The molecular formula is C17H27N3. The van der Waals surface area contributed by atoms with Crippen molar-refractivity contribution in [2.45, 2.75) is 44.7 Å². The molecule has 2 aliphatic rings. The maximum Gasteiger partial charge on any atom is 0.0370 e. The summed E-state index contributed by atoms with van der Waals surface area (Å²) in [6.07, 6.45) is 5.17. The molecule has 2 atom stereocenters. The second-order valence-electron chi connectivity index (χ2n) is 6.26. The number of nitrogens with zero attached hydrogens (tertiary/aromatic N) is 2. The van der Waals surface area contributed by atoms with Crippen LogP contribution in [0.25, 0.3) is 0 Å². The second kappa shape index (κ2) is 6.04. The molecule has 0 radical (unpaired) electrons. The number of hydrogen-bond acceptors (Lipinski definition) is 3. The van der Waals surface area contributed by atoms with Crippen molar-refractivity contribution in [3.8, 4) is 0 Å².